The molecule has 9 nitrogen and oxygen atoms in total. The van der Waals surface area contributed by atoms with Gasteiger partial charge in [0.05, 0.1) is 19.4 Å². The van der Waals surface area contributed by atoms with Crippen molar-refractivity contribution in [3.63, 3.8) is 0 Å². The van der Waals surface area contributed by atoms with Gasteiger partial charge in [0.1, 0.15) is 16.4 Å². The summed E-state index contributed by atoms with van der Waals surface area (Å²) in [5.41, 5.74) is 9.95. The third kappa shape index (κ3) is 8.41. The van der Waals surface area contributed by atoms with Crippen molar-refractivity contribution in [2.24, 2.45) is 0 Å². The van der Waals surface area contributed by atoms with E-state index < -0.39 is 10.1 Å². The third-order valence-electron chi connectivity index (χ3n) is 8.36. The maximum atomic E-state index is 13.5. The molecular formula is C34H48N4O5S. The molecule has 3 aromatic rings. The quantitative estimate of drug-likeness (QED) is 0.150. The molecule has 0 radical (unpaired) electrons. The van der Waals surface area contributed by atoms with Gasteiger partial charge in [-0.1, -0.05) is 49.9 Å². The van der Waals surface area contributed by atoms with Gasteiger partial charge in [-0.3, -0.25) is 0 Å². The van der Waals surface area contributed by atoms with Crippen molar-refractivity contribution in [2.45, 2.75) is 96.9 Å². The first kappa shape index (κ1) is 33.5. The van der Waals surface area contributed by atoms with Crippen LogP contribution in [-0.4, -0.2) is 56.1 Å². The van der Waals surface area contributed by atoms with Crippen molar-refractivity contribution in [1.82, 2.24) is 14.9 Å². The lowest BCUT2D eigenvalue weighted by Gasteiger charge is -2.24. The topological polar surface area (TPSA) is 117 Å². The van der Waals surface area contributed by atoms with Crippen LogP contribution < -0.4 is 19.4 Å². The first-order chi connectivity index (χ1) is 21.0. The van der Waals surface area contributed by atoms with E-state index in [9.17, 15) is 8.42 Å². The van der Waals surface area contributed by atoms with Gasteiger partial charge in [0.15, 0.2) is 0 Å². The van der Waals surface area contributed by atoms with E-state index in [0.29, 0.717) is 34.7 Å². The highest BCUT2D eigenvalue weighted by Crippen LogP contribution is 2.33. The predicted molar refractivity (Wildman–Crippen MR) is 174 cm³/mol. The summed E-state index contributed by atoms with van der Waals surface area (Å²) in [6.45, 7) is 12.3. The molecule has 1 atom stereocenters. The Morgan fingerprint density at radius 3 is 2.48 bits per heavy atom. The third-order valence-corrected chi connectivity index (χ3v) is 9.88. The van der Waals surface area contributed by atoms with E-state index in [1.54, 1.807) is 27.9 Å². The van der Waals surface area contributed by atoms with E-state index in [1.807, 2.05) is 37.3 Å². The van der Waals surface area contributed by atoms with Crippen molar-refractivity contribution in [3.8, 4) is 17.4 Å². The number of likely N-dealkylation sites (tertiary alicyclic amines) is 1. The Hall–Kier alpha value is -3.37. The van der Waals surface area contributed by atoms with Crippen molar-refractivity contribution in [1.29, 1.82) is 0 Å². The fourth-order valence-corrected chi connectivity index (χ4v) is 7.66. The molecule has 44 heavy (non-hydrogen) atoms. The van der Waals surface area contributed by atoms with Crippen LogP contribution in [0, 0.1) is 27.7 Å². The molecular weight excluding hydrogens is 576 g/mol. The van der Waals surface area contributed by atoms with Crippen LogP contribution in [0.5, 0.6) is 17.4 Å². The van der Waals surface area contributed by atoms with Gasteiger partial charge in [-0.25, -0.2) is 4.98 Å². The van der Waals surface area contributed by atoms with Crippen LogP contribution in [0.2, 0.25) is 0 Å². The van der Waals surface area contributed by atoms with Gasteiger partial charge in [-0.15, -0.1) is 0 Å². The molecule has 2 aromatic carbocycles. The average molecular weight is 625 g/mol. The summed E-state index contributed by atoms with van der Waals surface area (Å²) in [4.78, 5) is 11.2. The molecule has 0 spiro atoms. The molecule has 0 amide bonds. The molecule has 4 rings (SSSR count). The highest BCUT2D eigenvalue weighted by Gasteiger charge is 2.27. The number of aromatic nitrogens is 2. The Morgan fingerprint density at radius 1 is 1.02 bits per heavy atom. The summed E-state index contributed by atoms with van der Waals surface area (Å²) in [5.74, 6) is 1.19. The number of nitrogens with two attached hydrogens (primary N) is 1. The van der Waals surface area contributed by atoms with E-state index in [-0.39, 0.29) is 23.1 Å². The molecule has 10 heteroatoms. The smallest absolute Gasteiger partial charge is 0.341 e. The van der Waals surface area contributed by atoms with Gasteiger partial charge in [0.25, 0.3) is 0 Å². The standard InChI is InChI=1S/C34H48N4O5S/c1-7-8-9-12-28-13-10-16-38(28)17-11-18-42-29-15-14-27(31(22-29)41-6)21-30-26(5)36-34(35)37-33(30)43-44(39,40)32-24(3)19-23(2)20-25(32)4/h14-15,19-20,22,28H,7-13,16-18,21H2,1-6H3,(H2,35,36,37)/t28-/m0/s1. The lowest BCUT2D eigenvalue weighted by Crippen LogP contribution is -2.31. The van der Waals surface area contributed by atoms with Gasteiger partial charge in [-0.05, 0) is 82.7 Å². The Morgan fingerprint density at radius 2 is 1.77 bits per heavy atom. The molecule has 1 aromatic heterocycles. The molecule has 1 aliphatic heterocycles. The number of rotatable bonds is 15. The average Bonchev–Trinajstić information content (AvgIpc) is 3.39. The Kier molecular flexibility index (Phi) is 11.5. The second-order valence-corrected chi connectivity index (χ2v) is 13.4. The van der Waals surface area contributed by atoms with Crippen molar-refractivity contribution >= 4 is 16.1 Å². The number of hydrogen-bond donors (Lipinski definition) is 1. The van der Waals surface area contributed by atoms with Gasteiger partial charge < -0.3 is 24.3 Å². The minimum atomic E-state index is -4.19. The minimum absolute atomic E-state index is 0.0641. The number of benzene rings is 2. The molecule has 1 fully saturated rings. The summed E-state index contributed by atoms with van der Waals surface area (Å²) in [6.07, 6.45) is 9.04. The molecule has 1 saturated heterocycles. The summed E-state index contributed by atoms with van der Waals surface area (Å²) < 4.78 is 44.4. The van der Waals surface area contributed by atoms with Crippen LogP contribution in [0.25, 0.3) is 0 Å². The number of anilines is 1. The number of nitrogen functional groups attached to an aromatic ring is 1. The SMILES string of the molecule is CCCCC[C@H]1CCCN1CCCOc1ccc(Cc2c(C)nc(N)nc2OS(=O)(=O)c2c(C)cc(C)cc2C)c(OC)c1. The maximum Gasteiger partial charge on any atom is 0.341 e. The predicted octanol–water partition coefficient (Wildman–Crippen LogP) is 6.47. The zero-order chi connectivity index (χ0) is 31.9. The maximum absolute atomic E-state index is 13.5. The van der Waals surface area contributed by atoms with Gasteiger partial charge >= 0.3 is 10.1 Å². The molecule has 2 N–H and O–H groups in total. The molecule has 240 valence electrons. The number of ether oxygens (including phenoxy) is 2. The monoisotopic (exact) mass is 624 g/mol. The van der Waals surface area contributed by atoms with Crippen molar-refractivity contribution in [3.05, 3.63) is 63.8 Å². The summed E-state index contributed by atoms with van der Waals surface area (Å²) in [7, 11) is -2.59. The fraction of sp³-hybridized carbons (Fsp3) is 0.529. The first-order valence-corrected chi connectivity index (χ1v) is 17.1. The van der Waals surface area contributed by atoms with E-state index in [4.69, 9.17) is 19.4 Å². The van der Waals surface area contributed by atoms with Crippen LogP contribution in [0.1, 0.15) is 85.4 Å². The molecule has 0 unspecified atom stereocenters. The number of nitrogens with zero attached hydrogens (tertiary/aromatic N) is 3. The first-order valence-electron chi connectivity index (χ1n) is 15.7. The highest BCUT2D eigenvalue weighted by atomic mass is 32.2. The van der Waals surface area contributed by atoms with Crippen LogP contribution >= 0.6 is 0 Å². The molecule has 0 bridgehead atoms. The summed E-state index contributed by atoms with van der Waals surface area (Å²) in [5, 5.41) is 0. The lowest BCUT2D eigenvalue weighted by atomic mass is 10.0. The molecule has 1 aliphatic rings. The fourth-order valence-electron chi connectivity index (χ4n) is 6.32. The van der Waals surface area contributed by atoms with Crippen LogP contribution in [0.3, 0.4) is 0 Å². The summed E-state index contributed by atoms with van der Waals surface area (Å²) in [6, 6.07) is 10.0. The van der Waals surface area contributed by atoms with E-state index in [0.717, 1.165) is 35.9 Å². The zero-order valence-corrected chi connectivity index (χ0v) is 27.9. The van der Waals surface area contributed by atoms with Gasteiger partial charge in [-0.2, -0.15) is 13.4 Å². The largest absolute Gasteiger partial charge is 0.496 e. The second-order valence-electron chi connectivity index (χ2n) is 11.9. The van der Waals surface area contributed by atoms with Crippen LogP contribution in [0.4, 0.5) is 5.95 Å². The Balaban J connectivity index is 1.45. The van der Waals surface area contributed by atoms with Gasteiger partial charge in [0, 0.05) is 30.6 Å². The Labute approximate surface area is 263 Å². The second kappa shape index (κ2) is 15.1. The zero-order valence-electron chi connectivity index (χ0n) is 27.1. The molecule has 2 heterocycles. The normalized spacial score (nSPS) is 15.5. The lowest BCUT2D eigenvalue weighted by molar-refractivity contribution is 0.211. The van der Waals surface area contributed by atoms with Crippen LogP contribution in [0.15, 0.2) is 35.2 Å². The highest BCUT2D eigenvalue weighted by molar-refractivity contribution is 7.87. The minimum Gasteiger partial charge on any atom is -0.496 e. The van der Waals surface area contributed by atoms with E-state index in [1.165, 1.54) is 45.1 Å². The van der Waals surface area contributed by atoms with Gasteiger partial charge in [0.2, 0.25) is 11.8 Å². The van der Waals surface area contributed by atoms with Crippen LogP contribution in [-0.2, 0) is 16.5 Å². The Bertz CT molecular complexity index is 1520. The number of methoxy groups -OCH3 is 1. The number of unbranched alkanes of at least 4 members (excludes halogenated alkanes) is 2. The summed E-state index contributed by atoms with van der Waals surface area (Å²) >= 11 is 0. The molecule has 0 aliphatic carbocycles. The van der Waals surface area contributed by atoms with Crippen molar-refractivity contribution in [2.75, 3.05) is 32.5 Å². The van der Waals surface area contributed by atoms with E-state index in [2.05, 4.69) is 21.8 Å². The van der Waals surface area contributed by atoms with Crippen molar-refractivity contribution < 1.29 is 22.1 Å². The van der Waals surface area contributed by atoms with E-state index >= 15 is 0 Å². The molecule has 0 saturated carbocycles. The number of aryl methyl sites for hydroxylation is 4. The number of hydrogen-bond acceptors (Lipinski definition) is 9.